The van der Waals surface area contributed by atoms with Gasteiger partial charge < -0.3 is 10.2 Å². The Bertz CT molecular complexity index is 719. The van der Waals surface area contributed by atoms with Gasteiger partial charge in [0.15, 0.2) is 5.78 Å². The SMILES string of the molecule is O=C(c1ccccc1)C1C(O)=c2ccccc2=C1O. The molecule has 0 unspecified atom stereocenters. The summed E-state index contributed by atoms with van der Waals surface area (Å²) in [4.78, 5) is 12.4. The summed E-state index contributed by atoms with van der Waals surface area (Å²) in [7, 11) is 0. The lowest BCUT2D eigenvalue weighted by Crippen LogP contribution is -2.23. The molecule has 19 heavy (non-hydrogen) atoms. The topological polar surface area (TPSA) is 57.5 Å². The van der Waals surface area contributed by atoms with E-state index in [1.165, 1.54) is 0 Å². The molecule has 0 spiro atoms. The third kappa shape index (κ3) is 1.71. The molecule has 2 N–H and O–H groups in total. The predicted octanol–water partition coefficient (Wildman–Crippen LogP) is 1.53. The van der Waals surface area contributed by atoms with Crippen molar-refractivity contribution >= 4 is 17.3 Å². The third-order valence-corrected chi connectivity index (χ3v) is 3.35. The first-order chi connectivity index (χ1) is 9.20. The van der Waals surface area contributed by atoms with Gasteiger partial charge in [-0.25, -0.2) is 0 Å². The lowest BCUT2D eigenvalue weighted by molar-refractivity contribution is 0.0953. The van der Waals surface area contributed by atoms with Crippen LogP contribution >= 0.6 is 0 Å². The molecule has 2 aromatic carbocycles. The van der Waals surface area contributed by atoms with Gasteiger partial charge in [-0.05, 0) is 0 Å². The molecular formula is C16H12O3. The highest BCUT2D eigenvalue weighted by Gasteiger charge is 2.32. The van der Waals surface area contributed by atoms with Crippen molar-refractivity contribution in [1.29, 1.82) is 0 Å². The van der Waals surface area contributed by atoms with Crippen LogP contribution in [0.2, 0.25) is 0 Å². The second-order valence-electron chi connectivity index (χ2n) is 4.48. The van der Waals surface area contributed by atoms with Gasteiger partial charge in [0.2, 0.25) is 0 Å². The van der Waals surface area contributed by atoms with Gasteiger partial charge in [-0.15, -0.1) is 0 Å². The summed E-state index contributed by atoms with van der Waals surface area (Å²) in [5.74, 6) is -1.45. The first kappa shape index (κ1) is 11.5. The van der Waals surface area contributed by atoms with Crippen LogP contribution in [0.15, 0.2) is 54.6 Å². The first-order valence-corrected chi connectivity index (χ1v) is 6.01. The van der Waals surface area contributed by atoms with Crippen LogP contribution in [-0.4, -0.2) is 16.0 Å². The average molecular weight is 252 g/mol. The molecule has 0 aliphatic heterocycles. The molecule has 3 heteroatoms. The Hall–Kier alpha value is -2.55. The van der Waals surface area contributed by atoms with E-state index >= 15 is 0 Å². The standard InChI is InChI=1S/C16H12O3/c17-14(10-6-2-1-3-7-10)13-15(18)11-8-4-5-9-12(11)16(13)19/h1-9,13,18-19H. The van der Waals surface area contributed by atoms with Crippen molar-refractivity contribution in [2.75, 3.05) is 0 Å². The maximum absolute atomic E-state index is 12.4. The monoisotopic (exact) mass is 252 g/mol. The number of benzene rings is 2. The molecule has 0 amide bonds. The van der Waals surface area contributed by atoms with Crippen LogP contribution < -0.4 is 10.4 Å². The van der Waals surface area contributed by atoms with Crippen LogP contribution in [0.3, 0.4) is 0 Å². The summed E-state index contributed by atoms with van der Waals surface area (Å²) in [5.41, 5.74) is 0.471. The molecule has 3 nitrogen and oxygen atoms in total. The Morgan fingerprint density at radius 3 is 1.79 bits per heavy atom. The van der Waals surface area contributed by atoms with E-state index in [2.05, 4.69) is 0 Å². The Balaban J connectivity index is 2.15. The van der Waals surface area contributed by atoms with Crippen molar-refractivity contribution in [3.63, 3.8) is 0 Å². The molecule has 0 atom stereocenters. The Kier molecular flexibility index (Phi) is 2.60. The zero-order valence-corrected chi connectivity index (χ0v) is 10.1. The molecule has 0 radical (unpaired) electrons. The molecule has 0 bridgehead atoms. The maximum Gasteiger partial charge on any atom is 0.181 e. The molecule has 2 aromatic rings. The van der Waals surface area contributed by atoms with E-state index < -0.39 is 5.92 Å². The van der Waals surface area contributed by atoms with E-state index in [0.717, 1.165) is 0 Å². The molecule has 0 saturated carbocycles. The highest BCUT2D eigenvalue weighted by Crippen LogP contribution is 2.24. The molecule has 94 valence electrons. The zero-order chi connectivity index (χ0) is 13.4. The van der Waals surface area contributed by atoms with Crippen LogP contribution in [0.4, 0.5) is 0 Å². The van der Waals surface area contributed by atoms with Crippen molar-refractivity contribution in [2.24, 2.45) is 5.92 Å². The summed E-state index contributed by atoms with van der Waals surface area (Å²) < 4.78 is 0. The summed E-state index contributed by atoms with van der Waals surface area (Å²) in [5, 5.41) is 21.4. The second kappa shape index (κ2) is 4.28. The van der Waals surface area contributed by atoms with Crippen molar-refractivity contribution in [3.8, 4) is 0 Å². The fourth-order valence-corrected chi connectivity index (χ4v) is 2.39. The number of hydrogen-bond acceptors (Lipinski definition) is 3. The molecular weight excluding hydrogens is 240 g/mol. The molecule has 0 aromatic heterocycles. The van der Waals surface area contributed by atoms with Crippen molar-refractivity contribution < 1.29 is 15.0 Å². The van der Waals surface area contributed by atoms with Crippen LogP contribution in [0, 0.1) is 5.92 Å². The summed E-state index contributed by atoms with van der Waals surface area (Å²) in [6.07, 6.45) is 0. The first-order valence-electron chi connectivity index (χ1n) is 6.01. The molecule has 0 fully saturated rings. The predicted molar refractivity (Wildman–Crippen MR) is 72.0 cm³/mol. The number of aliphatic hydroxyl groups excluding tert-OH is 2. The van der Waals surface area contributed by atoms with E-state index in [0.29, 0.717) is 16.0 Å². The number of aliphatic hydroxyl groups is 2. The number of carbonyl (C=O) groups is 1. The average Bonchev–Trinajstić information content (AvgIpc) is 2.72. The number of hydrogen-bond donors (Lipinski definition) is 2. The normalized spacial score (nSPS) is 14.5. The summed E-state index contributed by atoms with van der Waals surface area (Å²) in [6.45, 7) is 0. The Morgan fingerprint density at radius 1 is 0.789 bits per heavy atom. The van der Waals surface area contributed by atoms with Gasteiger partial charge in [0.1, 0.15) is 17.4 Å². The van der Waals surface area contributed by atoms with Crippen molar-refractivity contribution in [1.82, 2.24) is 0 Å². The minimum atomic E-state index is -0.986. The van der Waals surface area contributed by atoms with Gasteiger partial charge in [0.25, 0.3) is 0 Å². The number of carbonyl (C=O) groups excluding carboxylic acids is 1. The Morgan fingerprint density at radius 2 is 1.26 bits per heavy atom. The van der Waals surface area contributed by atoms with Crippen LogP contribution in [0.5, 0.6) is 0 Å². The number of rotatable bonds is 2. The minimum Gasteiger partial charge on any atom is -0.510 e. The quantitative estimate of drug-likeness (QED) is 0.797. The molecule has 3 rings (SSSR count). The number of Topliss-reactive ketones (excluding diaryl/α,β-unsaturated/α-hetero) is 1. The zero-order valence-electron chi connectivity index (χ0n) is 10.1. The van der Waals surface area contributed by atoms with Gasteiger partial charge in [-0.3, -0.25) is 4.79 Å². The van der Waals surface area contributed by atoms with Crippen molar-refractivity contribution in [3.05, 3.63) is 70.6 Å². The van der Waals surface area contributed by atoms with E-state index in [1.54, 1.807) is 48.5 Å². The highest BCUT2D eigenvalue weighted by atomic mass is 16.3. The molecule has 1 aliphatic carbocycles. The van der Waals surface area contributed by atoms with Crippen LogP contribution in [-0.2, 0) is 0 Å². The summed E-state index contributed by atoms with van der Waals surface area (Å²) >= 11 is 0. The molecule has 0 heterocycles. The summed E-state index contributed by atoms with van der Waals surface area (Å²) in [6, 6.07) is 15.6. The number of fused-ring (bicyclic) bond motifs is 1. The Labute approximate surface area is 109 Å². The fraction of sp³-hybridized carbons (Fsp3) is 0.0625. The van der Waals surface area contributed by atoms with Crippen LogP contribution in [0.1, 0.15) is 10.4 Å². The van der Waals surface area contributed by atoms with Crippen molar-refractivity contribution in [2.45, 2.75) is 0 Å². The third-order valence-electron chi connectivity index (χ3n) is 3.35. The maximum atomic E-state index is 12.4. The van der Waals surface area contributed by atoms with E-state index in [1.807, 2.05) is 6.07 Å². The van der Waals surface area contributed by atoms with Gasteiger partial charge in [0, 0.05) is 16.0 Å². The lowest BCUT2D eigenvalue weighted by Gasteiger charge is -2.10. The minimum absolute atomic E-state index is 0.0815. The molecule has 0 saturated heterocycles. The van der Waals surface area contributed by atoms with E-state index in [9.17, 15) is 15.0 Å². The van der Waals surface area contributed by atoms with E-state index in [4.69, 9.17) is 0 Å². The van der Waals surface area contributed by atoms with Crippen LogP contribution in [0.25, 0.3) is 11.5 Å². The van der Waals surface area contributed by atoms with Gasteiger partial charge in [0.05, 0.1) is 0 Å². The highest BCUT2D eigenvalue weighted by molar-refractivity contribution is 6.07. The van der Waals surface area contributed by atoms with Gasteiger partial charge >= 0.3 is 0 Å². The smallest absolute Gasteiger partial charge is 0.181 e. The largest absolute Gasteiger partial charge is 0.510 e. The number of ketones is 1. The lowest BCUT2D eigenvalue weighted by atomic mass is 9.96. The molecule has 1 aliphatic rings. The van der Waals surface area contributed by atoms with Gasteiger partial charge in [-0.2, -0.15) is 0 Å². The van der Waals surface area contributed by atoms with Gasteiger partial charge in [-0.1, -0.05) is 54.6 Å². The van der Waals surface area contributed by atoms with E-state index in [-0.39, 0.29) is 17.3 Å². The fourth-order valence-electron chi connectivity index (χ4n) is 2.39. The second-order valence-corrected chi connectivity index (χ2v) is 4.48.